The van der Waals surface area contributed by atoms with Crippen LogP contribution in [0.4, 0.5) is 0 Å². The number of benzene rings is 3. The Morgan fingerprint density at radius 3 is 2.61 bits per heavy atom. The van der Waals surface area contributed by atoms with E-state index in [2.05, 4.69) is 81.4 Å². The summed E-state index contributed by atoms with van der Waals surface area (Å²) in [6.07, 6.45) is 4.44. The van der Waals surface area contributed by atoms with Crippen molar-refractivity contribution in [3.63, 3.8) is 0 Å². The van der Waals surface area contributed by atoms with Crippen LogP contribution in [0.25, 0.3) is 10.8 Å². The van der Waals surface area contributed by atoms with Gasteiger partial charge in [-0.1, -0.05) is 52.3 Å². The molecule has 5 heteroatoms. The van der Waals surface area contributed by atoms with E-state index in [0.717, 1.165) is 39.0 Å². The van der Waals surface area contributed by atoms with E-state index in [9.17, 15) is 0 Å². The number of ether oxygens (including phenoxy) is 1. The van der Waals surface area contributed by atoms with Crippen molar-refractivity contribution in [1.82, 2.24) is 9.99 Å². The number of hydrogen-bond acceptors (Lipinski definition) is 4. The molecule has 0 bridgehead atoms. The van der Waals surface area contributed by atoms with Crippen molar-refractivity contribution in [3.8, 4) is 5.75 Å². The first kappa shape index (κ1) is 18.6. The number of aromatic nitrogens is 1. The first-order chi connectivity index (χ1) is 15.1. The third kappa shape index (κ3) is 2.95. The molecule has 3 heterocycles. The maximum atomic E-state index is 6.60. The second kappa shape index (κ2) is 6.92. The van der Waals surface area contributed by atoms with Crippen LogP contribution in [-0.4, -0.2) is 15.7 Å². The molecular weight excluding hydrogens is 450 g/mol. The number of rotatable bonds is 2. The first-order valence-electron chi connectivity index (χ1n) is 10.4. The van der Waals surface area contributed by atoms with Crippen LogP contribution in [0.3, 0.4) is 0 Å². The molecule has 0 aliphatic carbocycles. The summed E-state index contributed by atoms with van der Waals surface area (Å²) in [4.78, 5) is 4.19. The standard InChI is InChI=1S/C26H20BrN3O/c1-26(20-10-12-28-13-11-20)30-24(22-15-21(27)8-9-25(22)31-26)16-23(29-30)19-7-6-17-4-2-3-5-18(17)14-19/h2-15,24H,16H2,1H3/t24-,26-/m1/s1. The van der Waals surface area contributed by atoms with Crippen LogP contribution in [0.15, 0.2) is 94.8 Å². The molecule has 0 N–H and O–H groups in total. The summed E-state index contributed by atoms with van der Waals surface area (Å²) in [6, 6.07) is 25.4. The number of fused-ring (bicyclic) bond motifs is 4. The Balaban J connectivity index is 1.50. The summed E-state index contributed by atoms with van der Waals surface area (Å²) in [5.41, 5.74) is 3.70. The zero-order valence-electron chi connectivity index (χ0n) is 17.0. The number of halogens is 1. The minimum absolute atomic E-state index is 0.0980. The molecule has 6 rings (SSSR count). The second-order valence-corrected chi connectivity index (χ2v) is 9.09. The van der Waals surface area contributed by atoms with E-state index in [-0.39, 0.29) is 6.04 Å². The zero-order chi connectivity index (χ0) is 21.0. The van der Waals surface area contributed by atoms with Crippen LogP contribution >= 0.6 is 15.9 Å². The Morgan fingerprint density at radius 2 is 1.77 bits per heavy atom. The van der Waals surface area contributed by atoms with E-state index in [1.54, 1.807) is 12.4 Å². The molecule has 4 nitrogen and oxygen atoms in total. The molecule has 2 aliphatic heterocycles. The lowest BCUT2D eigenvalue weighted by Gasteiger charge is -2.46. The summed E-state index contributed by atoms with van der Waals surface area (Å²) >= 11 is 3.63. The van der Waals surface area contributed by atoms with Gasteiger partial charge >= 0.3 is 0 Å². The second-order valence-electron chi connectivity index (χ2n) is 8.18. The lowest BCUT2D eigenvalue weighted by molar-refractivity contribution is -0.112. The predicted molar refractivity (Wildman–Crippen MR) is 126 cm³/mol. The van der Waals surface area contributed by atoms with Gasteiger partial charge in [0.15, 0.2) is 0 Å². The average Bonchev–Trinajstić information content (AvgIpc) is 3.27. The Hall–Kier alpha value is -3.18. The van der Waals surface area contributed by atoms with Gasteiger partial charge in [0.05, 0.1) is 11.8 Å². The van der Waals surface area contributed by atoms with Gasteiger partial charge in [0.1, 0.15) is 5.75 Å². The largest absolute Gasteiger partial charge is 0.462 e. The summed E-state index contributed by atoms with van der Waals surface area (Å²) in [6.45, 7) is 2.09. The van der Waals surface area contributed by atoms with Crippen LogP contribution < -0.4 is 4.74 Å². The molecule has 0 saturated heterocycles. The van der Waals surface area contributed by atoms with Gasteiger partial charge in [0.25, 0.3) is 0 Å². The number of hydrogen-bond donors (Lipinski definition) is 0. The Bertz CT molecular complexity index is 1340. The SMILES string of the molecule is C[C@]1(c2ccncc2)Oc2ccc(Br)cc2[C@H]2CC(c3ccc4ccccc4c3)=NN21. The van der Waals surface area contributed by atoms with Crippen LogP contribution in [-0.2, 0) is 5.72 Å². The molecule has 4 aromatic rings. The van der Waals surface area contributed by atoms with Gasteiger partial charge in [0.2, 0.25) is 5.72 Å². The number of nitrogens with zero attached hydrogens (tertiary/aromatic N) is 3. The highest BCUT2D eigenvalue weighted by Crippen LogP contribution is 2.50. The molecular formula is C26H20BrN3O. The van der Waals surface area contributed by atoms with E-state index in [1.807, 2.05) is 24.3 Å². The molecule has 0 amide bonds. The summed E-state index contributed by atoms with van der Waals surface area (Å²) < 4.78 is 7.64. The third-order valence-electron chi connectivity index (χ3n) is 6.29. The average molecular weight is 470 g/mol. The minimum Gasteiger partial charge on any atom is -0.462 e. The summed E-state index contributed by atoms with van der Waals surface area (Å²) in [5.74, 6) is 0.902. The highest BCUT2D eigenvalue weighted by Gasteiger charge is 2.48. The normalized spacial score (nSPS) is 21.9. The lowest BCUT2D eigenvalue weighted by Crippen LogP contribution is -2.48. The molecule has 0 spiro atoms. The molecule has 1 aromatic heterocycles. The Kier molecular flexibility index (Phi) is 4.15. The molecule has 0 unspecified atom stereocenters. The third-order valence-corrected chi connectivity index (χ3v) is 6.78. The highest BCUT2D eigenvalue weighted by molar-refractivity contribution is 9.10. The fourth-order valence-corrected chi connectivity index (χ4v) is 5.05. The zero-order valence-corrected chi connectivity index (χ0v) is 18.6. The van der Waals surface area contributed by atoms with E-state index in [4.69, 9.17) is 9.84 Å². The van der Waals surface area contributed by atoms with Crippen molar-refractivity contribution in [1.29, 1.82) is 0 Å². The van der Waals surface area contributed by atoms with Gasteiger partial charge in [-0.2, -0.15) is 5.10 Å². The van der Waals surface area contributed by atoms with Crippen molar-refractivity contribution in [2.24, 2.45) is 5.10 Å². The monoisotopic (exact) mass is 469 g/mol. The molecule has 0 fully saturated rings. The molecule has 0 saturated carbocycles. The van der Waals surface area contributed by atoms with Gasteiger partial charge in [-0.05, 0) is 52.7 Å². The molecule has 0 radical (unpaired) electrons. The lowest BCUT2D eigenvalue weighted by atomic mass is 9.92. The van der Waals surface area contributed by atoms with Gasteiger partial charge in [0, 0.05) is 41.3 Å². The van der Waals surface area contributed by atoms with E-state index in [1.165, 1.54) is 10.8 Å². The molecule has 2 atom stereocenters. The fourth-order valence-electron chi connectivity index (χ4n) is 4.67. The van der Waals surface area contributed by atoms with Crippen LogP contribution in [0.2, 0.25) is 0 Å². The smallest absolute Gasteiger partial charge is 0.221 e. The topological polar surface area (TPSA) is 37.7 Å². The highest BCUT2D eigenvalue weighted by atomic mass is 79.9. The van der Waals surface area contributed by atoms with Gasteiger partial charge < -0.3 is 4.74 Å². The Morgan fingerprint density at radius 1 is 0.968 bits per heavy atom. The summed E-state index contributed by atoms with van der Waals surface area (Å²) in [7, 11) is 0. The molecule has 152 valence electrons. The minimum atomic E-state index is -0.715. The van der Waals surface area contributed by atoms with Gasteiger partial charge in [-0.15, -0.1) is 0 Å². The van der Waals surface area contributed by atoms with E-state index >= 15 is 0 Å². The first-order valence-corrected chi connectivity index (χ1v) is 11.2. The van der Waals surface area contributed by atoms with Crippen molar-refractivity contribution in [3.05, 3.63) is 106 Å². The van der Waals surface area contributed by atoms with Crippen LogP contribution in [0.1, 0.15) is 36.1 Å². The van der Waals surface area contributed by atoms with E-state index in [0.29, 0.717) is 0 Å². The molecule has 3 aromatic carbocycles. The maximum Gasteiger partial charge on any atom is 0.221 e. The summed E-state index contributed by atoms with van der Waals surface area (Å²) in [5, 5.41) is 9.72. The fraction of sp³-hybridized carbons (Fsp3) is 0.154. The van der Waals surface area contributed by atoms with E-state index < -0.39 is 5.72 Å². The maximum absolute atomic E-state index is 6.60. The van der Waals surface area contributed by atoms with Gasteiger partial charge in [-0.3, -0.25) is 4.98 Å². The Labute approximate surface area is 189 Å². The van der Waals surface area contributed by atoms with Crippen molar-refractivity contribution in [2.45, 2.75) is 25.1 Å². The number of hydrazone groups is 1. The van der Waals surface area contributed by atoms with Crippen molar-refractivity contribution >= 4 is 32.4 Å². The van der Waals surface area contributed by atoms with Crippen molar-refractivity contribution < 1.29 is 4.74 Å². The van der Waals surface area contributed by atoms with Gasteiger partial charge in [-0.25, -0.2) is 5.01 Å². The molecule has 31 heavy (non-hydrogen) atoms. The number of pyridine rings is 1. The van der Waals surface area contributed by atoms with Crippen molar-refractivity contribution in [2.75, 3.05) is 0 Å². The van der Waals surface area contributed by atoms with Crippen LogP contribution in [0.5, 0.6) is 5.75 Å². The molecule has 2 aliphatic rings. The quantitative estimate of drug-likeness (QED) is 0.340. The van der Waals surface area contributed by atoms with Crippen LogP contribution in [0, 0.1) is 0 Å². The predicted octanol–water partition coefficient (Wildman–Crippen LogP) is 6.41.